The molecule has 1 aromatic heterocycles. The smallest absolute Gasteiger partial charge is 0.421 e. The van der Waals surface area contributed by atoms with Gasteiger partial charge in [0.25, 0.3) is 5.56 Å². The van der Waals surface area contributed by atoms with Gasteiger partial charge in [-0.15, -0.1) is 5.10 Å². The van der Waals surface area contributed by atoms with Gasteiger partial charge in [-0.2, -0.15) is 13.2 Å². The standard InChI is InChI=1S/C17H26F3N3O4Si/c1-28(2,3)7-6-27-10-23-15(24)13(17(18,19)20)9-14(22-23)21-12-5-4-11(8-12)16(25)26/h9,11-12H,4-8,10H2,1-3H3,(H,21,22)(H,25,26)/t11-,12?/m0/s1. The molecule has 0 saturated heterocycles. The minimum Gasteiger partial charge on any atom is -0.481 e. The van der Waals surface area contributed by atoms with Gasteiger partial charge >= 0.3 is 12.1 Å². The Labute approximate surface area is 161 Å². The Kier molecular flexibility index (Phi) is 6.91. The van der Waals surface area contributed by atoms with Gasteiger partial charge < -0.3 is 15.2 Å². The van der Waals surface area contributed by atoms with Crippen molar-refractivity contribution in [2.24, 2.45) is 5.92 Å². The Bertz CT molecular complexity index is 761. The lowest BCUT2D eigenvalue weighted by atomic mass is 10.1. The van der Waals surface area contributed by atoms with E-state index in [9.17, 15) is 22.8 Å². The number of carboxylic acids is 1. The number of aromatic nitrogens is 2. The van der Waals surface area contributed by atoms with Crippen LogP contribution in [0.1, 0.15) is 24.8 Å². The van der Waals surface area contributed by atoms with Gasteiger partial charge in [-0.05, 0) is 25.3 Å². The third kappa shape index (κ3) is 6.33. The van der Waals surface area contributed by atoms with Crippen LogP contribution in [-0.4, -0.2) is 41.6 Å². The zero-order valence-corrected chi connectivity index (χ0v) is 17.2. The fourth-order valence-electron chi connectivity index (χ4n) is 2.98. The molecule has 1 saturated carbocycles. The van der Waals surface area contributed by atoms with E-state index in [1.807, 2.05) is 0 Å². The summed E-state index contributed by atoms with van der Waals surface area (Å²) in [6.07, 6.45) is -3.58. The van der Waals surface area contributed by atoms with Crippen molar-refractivity contribution in [3.8, 4) is 0 Å². The summed E-state index contributed by atoms with van der Waals surface area (Å²) in [6.45, 7) is 6.38. The number of nitrogens with zero attached hydrogens (tertiary/aromatic N) is 2. The number of carbonyl (C=O) groups is 1. The number of ether oxygens (including phenoxy) is 1. The number of carboxylic acid groups (broad SMARTS) is 1. The van der Waals surface area contributed by atoms with Crippen molar-refractivity contribution in [1.29, 1.82) is 0 Å². The average Bonchev–Trinajstić information content (AvgIpc) is 3.00. The van der Waals surface area contributed by atoms with E-state index in [4.69, 9.17) is 9.84 Å². The predicted molar refractivity (Wildman–Crippen MR) is 100.0 cm³/mol. The van der Waals surface area contributed by atoms with Crippen LogP contribution >= 0.6 is 0 Å². The first-order valence-corrected chi connectivity index (χ1v) is 12.8. The second-order valence-corrected chi connectivity index (χ2v) is 13.9. The van der Waals surface area contributed by atoms with E-state index < -0.39 is 37.3 Å². The van der Waals surface area contributed by atoms with Gasteiger partial charge in [-0.1, -0.05) is 19.6 Å². The Balaban J connectivity index is 2.16. The second-order valence-electron chi connectivity index (χ2n) is 8.28. The van der Waals surface area contributed by atoms with Crippen molar-refractivity contribution in [1.82, 2.24) is 9.78 Å². The van der Waals surface area contributed by atoms with Crippen LogP contribution in [0.15, 0.2) is 10.9 Å². The largest absolute Gasteiger partial charge is 0.481 e. The molecule has 1 unspecified atom stereocenters. The third-order valence-corrected chi connectivity index (χ3v) is 6.33. The normalized spacial score (nSPS) is 20.4. The minimum atomic E-state index is -4.82. The van der Waals surface area contributed by atoms with E-state index in [0.29, 0.717) is 36.6 Å². The van der Waals surface area contributed by atoms with Gasteiger partial charge in [0, 0.05) is 26.8 Å². The molecule has 0 spiro atoms. The van der Waals surface area contributed by atoms with Crippen molar-refractivity contribution in [2.75, 3.05) is 11.9 Å². The lowest BCUT2D eigenvalue weighted by Crippen LogP contribution is -2.33. The predicted octanol–water partition coefficient (Wildman–Crippen LogP) is 3.24. The SMILES string of the molecule is C[Si](C)(C)CCOCn1nc(NC2CC[C@H](C(=O)O)C2)cc(C(F)(F)F)c1=O. The molecule has 1 heterocycles. The first kappa shape index (κ1) is 22.4. The number of aliphatic carboxylic acids is 1. The maximum Gasteiger partial charge on any atom is 0.421 e. The van der Waals surface area contributed by atoms with E-state index in [-0.39, 0.29) is 18.6 Å². The molecule has 158 valence electrons. The number of halogens is 3. The lowest BCUT2D eigenvalue weighted by Gasteiger charge is -2.18. The number of anilines is 1. The van der Waals surface area contributed by atoms with E-state index in [1.165, 1.54) is 0 Å². The van der Waals surface area contributed by atoms with Gasteiger partial charge in [0.15, 0.2) is 0 Å². The van der Waals surface area contributed by atoms with Gasteiger partial charge in [-0.25, -0.2) is 4.68 Å². The molecule has 2 rings (SSSR count). The maximum absolute atomic E-state index is 13.3. The number of hydrogen-bond acceptors (Lipinski definition) is 5. The molecule has 7 nitrogen and oxygen atoms in total. The molecule has 2 atom stereocenters. The van der Waals surface area contributed by atoms with Gasteiger partial charge in [0.1, 0.15) is 18.1 Å². The average molecular weight is 421 g/mol. The molecule has 0 radical (unpaired) electrons. The van der Waals surface area contributed by atoms with Crippen LogP contribution in [0, 0.1) is 5.92 Å². The highest BCUT2D eigenvalue weighted by Crippen LogP contribution is 2.30. The summed E-state index contributed by atoms with van der Waals surface area (Å²) in [5.41, 5.74) is -2.59. The summed E-state index contributed by atoms with van der Waals surface area (Å²) in [6, 6.07) is 1.17. The van der Waals surface area contributed by atoms with Crippen LogP contribution in [0.4, 0.5) is 19.0 Å². The molecule has 0 bridgehead atoms. The van der Waals surface area contributed by atoms with Crippen molar-refractivity contribution < 1.29 is 27.8 Å². The monoisotopic (exact) mass is 421 g/mol. The third-order valence-electron chi connectivity index (χ3n) is 4.62. The van der Waals surface area contributed by atoms with Crippen LogP contribution in [0.25, 0.3) is 0 Å². The summed E-state index contributed by atoms with van der Waals surface area (Å²) >= 11 is 0. The van der Waals surface area contributed by atoms with Crippen LogP contribution in [0.3, 0.4) is 0 Å². The highest BCUT2D eigenvalue weighted by molar-refractivity contribution is 6.76. The summed E-state index contributed by atoms with van der Waals surface area (Å²) in [4.78, 5) is 23.2. The van der Waals surface area contributed by atoms with Crippen molar-refractivity contribution >= 4 is 19.9 Å². The molecule has 1 aliphatic rings. The number of alkyl halides is 3. The summed E-state index contributed by atoms with van der Waals surface area (Å²) in [5, 5.41) is 15.8. The zero-order valence-electron chi connectivity index (χ0n) is 16.2. The quantitative estimate of drug-likeness (QED) is 0.494. The van der Waals surface area contributed by atoms with Gasteiger partial charge in [0.05, 0.1) is 5.92 Å². The highest BCUT2D eigenvalue weighted by atomic mass is 28.3. The van der Waals surface area contributed by atoms with Crippen LogP contribution in [-0.2, 0) is 22.4 Å². The van der Waals surface area contributed by atoms with Crippen LogP contribution < -0.4 is 10.9 Å². The molecule has 0 aliphatic heterocycles. The van der Waals surface area contributed by atoms with E-state index in [0.717, 1.165) is 6.04 Å². The first-order valence-electron chi connectivity index (χ1n) is 9.13. The fourth-order valence-corrected chi connectivity index (χ4v) is 3.74. The minimum absolute atomic E-state index is 0.114. The topological polar surface area (TPSA) is 93.4 Å². The maximum atomic E-state index is 13.3. The van der Waals surface area contributed by atoms with Gasteiger partial charge in [-0.3, -0.25) is 9.59 Å². The molecule has 2 N–H and O–H groups in total. The van der Waals surface area contributed by atoms with Crippen molar-refractivity contribution in [3.05, 3.63) is 22.0 Å². The molecular weight excluding hydrogens is 395 g/mol. The van der Waals surface area contributed by atoms with E-state index in [2.05, 4.69) is 30.1 Å². The molecule has 28 heavy (non-hydrogen) atoms. The summed E-state index contributed by atoms with van der Waals surface area (Å²) in [7, 11) is -1.37. The Morgan fingerprint density at radius 3 is 2.61 bits per heavy atom. The molecule has 0 amide bonds. The second kappa shape index (κ2) is 8.64. The molecule has 1 aromatic rings. The first-order chi connectivity index (χ1) is 12.9. The summed E-state index contributed by atoms with van der Waals surface area (Å²) < 4.78 is 45.8. The molecule has 1 fully saturated rings. The molecule has 0 aromatic carbocycles. The zero-order chi connectivity index (χ0) is 21.1. The molecular formula is C17H26F3N3O4Si. The number of rotatable bonds is 8. The van der Waals surface area contributed by atoms with Crippen LogP contribution in [0.2, 0.25) is 25.7 Å². The van der Waals surface area contributed by atoms with Crippen molar-refractivity contribution in [2.45, 2.75) is 63.9 Å². The fraction of sp³-hybridized carbons (Fsp3) is 0.706. The molecule has 1 aliphatic carbocycles. The van der Waals surface area contributed by atoms with Crippen LogP contribution in [0.5, 0.6) is 0 Å². The van der Waals surface area contributed by atoms with E-state index >= 15 is 0 Å². The Morgan fingerprint density at radius 1 is 1.39 bits per heavy atom. The van der Waals surface area contributed by atoms with Crippen molar-refractivity contribution in [3.63, 3.8) is 0 Å². The Hall–Kier alpha value is -1.88. The lowest BCUT2D eigenvalue weighted by molar-refractivity contribution is -0.141. The number of hydrogen-bond donors (Lipinski definition) is 2. The van der Waals surface area contributed by atoms with Gasteiger partial charge in [0.2, 0.25) is 0 Å². The number of nitrogens with one attached hydrogen (secondary N) is 1. The molecule has 11 heteroatoms. The highest BCUT2D eigenvalue weighted by Gasteiger charge is 2.36. The summed E-state index contributed by atoms with van der Waals surface area (Å²) in [5.74, 6) is -1.57. The van der Waals surface area contributed by atoms with E-state index in [1.54, 1.807) is 0 Å². The Morgan fingerprint density at radius 2 is 2.07 bits per heavy atom.